The van der Waals surface area contributed by atoms with Crippen LogP contribution in [0, 0.1) is 16.7 Å². The molecule has 4 rings (SSSR count). The van der Waals surface area contributed by atoms with Gasteiger partial charge < -0.3 is 10.2 Å². The fourth-order valence-corrected chi connectivity index (χ4v) is 4.21. The van der Waals surface area contributed by atoms with Crippen molar-refractivity contribution in [1.82, 2.24) is 10.3 Å². The molecule has 1 aliphatic carbocycles. The number of nitrogens with one attached hydrogen (secondary N) is 1. The van der Waals surface area contributed by atoms with Crippen molar-refractivity contribution in [2.24, 2.45) is 5.41 Å². The number of hydrogen-bond acceptors (Lipinski definition) is 4. The summed E-state index contributed by atoms with van der Waals surface area (Å²) in [7, 11) is 0. The van der Waals surface area contributed by atoms with E-state index >= 15 is 0 Å². The molecule has 3 heterocycles. The van der Waals surface area contributed by atoms with Crippen LogP contribution in [0.15, 0.2) is 6.07 Å². The van der Waals surface area contributed by atoms with Crippen LogP contribution in [0.25, 0.3) is 0 Å². The Morgan fingerprint density at radius 2 is 2.19 bits per heavy atom. The quantitative estimate of drug-likeness (QED) is 0.856. The first-order valence-corrected chi connectivity index (χ1v) is 8.18. The number of aryl methyl sites for hydroxylation is 2. The molecule has 0 saturated carbocycles. The van der Waals surface area contributed by atoms with Gasteiger partial charge in [-0.2, -0.15) is 5.26 Å². The summed E-state index contributed by atoms with van der Waals surface area (Å²) in [6.07, 6.45) is 7.12. The number of nitriles is 1. The van der Waals surface area contributed by atoms with Gasteiger partial charge in [0.2, 0.25) is 0 Å². The van der Waals surface area contributed by atoms with Gasteiger partial charge in [0, 0.05) is 30.7 Å². The van der Waals surface area contributed by atoms with Gasteiger partial charge in [-0.05, 0) is 56.7 Å². The third-order valence-corrected chi connectivity index (χ3v) is 5.47. The Kier molecular flexibility index (Phi) is 3.11. The van der Waals surface area contributed by atoms with E-state index in [0.717, 1.165) is 50.4 Å². The molecule has 4 nitrogen and oxygen atoms in total. The van der Waals surface area contributed by atoms with Gasteiger partial charge in [0.15, 0.2) is 0 Å². The minimum absolute atomic E-state index is 0.421. The number of hydrogen-bond donors (Lipinski definition) is 1. The monoisotopic (exact) mass is 282 g/mol. The molecule has 1 N–H and O–H groups in total. The first-order chi connectivity index (χ1) is 10.3. The number of anilines is 1. The Balaban J connectivity index is 1.67. The van der Waals surface area contributed by atoms with Gasteiger partial charge in [-0.25, -0.2) is 4.98 Å². The van der Waals surface area contributed by atoms with E-state index in [1.807, 2.05) is 0 Å². The van der Waals surface area contributed by atoms with Gasteiger partial charge in [-0.15, -0.1) is 0 Å². The summed E-state index contributed by atoms with van der Waals surface area (Å²) >= 11 is 0. The molecule has 0 radical (unpaired) electrons. The zero-order chi connectivity index (χ0) is 14.3. The van der Waals surface area contributed by atoms with Crippen LogP contribution in [0.4, 0.5) is 5.82 Å². The van der Waals surface area contributed by atoms with Crippen molar-refractivity contribution in [3.63, 3.8) is 0 Å². The molecule has 1 aromatic rings. The third kappa shape index (κ3) is 2.20. The topological polar surface area (TPSA) is 52.0 Å². The van der Waals surface area contributed by atoms with E-state index < -0.39 is 0 Å². The minimum atomic E-state index is 0.421. The fourth-order valence-electron chi connectivity index (χ4n) is 4.21. The van der Waals surface area contributed by atoms with Gasteiger partial charge in [0.25, 0.3) is 0 Å². The van der Waals surface area contributed by atoms with Crippen LogP contribution < -0.4 is 10.2 Å². The molecule has 0 bridgehead atoms. The average Bonchev–Trinajstić information content (AvgIpc) is 3.16. The highest BCUT2D eigenvalue weighted by atomic mass is 15.2. The minimum Gasteiger partial charge on any atom is -0.355 e. The van der Waals surface area contributed by atoms with Crippen LogP contribution in [-0.4, -0.2) is 31.2 Å². The first kappa shape index (κ1) is 13.1. The molecule has 1 spiro atoms. The summed E-state index contributed by atoms with van der Waals surface area (Å²) in [5.74, 6) is 0.946. The van der Waals surface area contributed by atoms with Crippen LogP contribution >= 0.6 is 0 Å². The Morgan fingerprint density at radius 1 is 1.29 bits per heavy atom. The van der Waals surface area contributed by atoms with Crippen LogP contribution in [0.3, 0.4) is 0 Å². The predicted octanol–water partition coefficient (Wildman–Crippen LogP) is 2.02. The molecule has 0 aromatic carbocycles. The highest BCUT2D eigenvalue weighted by molar-refractivity contribution is 5.57. The summed E-state index contributed by atoms with van der Waals surface area (Å²) in [4.78, 5) is 7.27. The molecular weight excluding hydrogens is 260 g/mol. The highest BCUT2D eigenvalue weighted by Crippen LogP contribution is 2.39. The maximum atomic E-state index is 9.51. The Morgan fingerprint density at radius 3 is 3.00 bits per heavy atom. The van der Waals surface area contributed by atoms with E-state index in [0.29, 0.717) is 5.41 Å². The van der Waals surface area contributed by atoms with E-state index in [2.05, 4.69) is 22.4 Å². The molecule has 2 saturated heterocycles. The molecule has 1 atom stereocenters. The van der Waals surface area contributed by atoms with Crippen molar-refractivity contribution in [3.8, 4) is 6.07 Å². The molecule has 2 fully saturated rings. The normalized spacial score (nSPS) is 27.9. The van der Waals surface area contributed by atoms with Gasteiger partial charge in [0.1, 0.15) is 11.9 Å². The Labute approximate surface area is 126 Å². The van der Waals surface area contributed by atoms with Gasteiger partial charge in [0.05, 0.1) is 5.56 Å². The lowest BCUT2D eigenvalue weighted by molar-refractivity contribution is 0.369. The Bertz CT molecular complexity index is 596. The van der Waals surface area contributed by atoms with E-state index in [9.17, 15) is 5.26 Å². The summed E-state index contributed by atoms with van der Waals surface area (Å²) in [5, 5.41) is 13.0. The molecule has 2 aliphatic heterocycles. The van der Waals surface area contributed by atoms with E-state index in [1.54, 1.807) is 0 Å². The molecule has 21 heavy (non-hydrogen) atoms. The standard InChI is InChI=1S/C17H22N4/c18-10-14-9-13-3-1-2-4-15(13)20-16(14)21-8-6-17(12-21)5-7-19-11-17/h9,19H,1-8,11-12H2. The maximum absolute atomic E-state index is 9.51. The molecule has 1 unspecified atom stereocenters. The third-order valence-electron chi connectivity index (χ3n) is 5.47. The van der Waals surface area contributed by atoms with Gasteiger partial charge >= 0.3 is 0 Å². The summed E-state index contributed by atoms with van der Waals surface area (Å²) in [6, 6.07) is 4.49. The van der Waals surface area contributed by atoms with Crippen molar-refractivity contribution in [2.75, 3.05) is 31.1 Å². The van der Waals surface area contributed by atoms with E-state index in [4.69, 9.17) is 4.98 Å². The van der Waals surface area contributed by atoms with Crippen LogP contribution in [0.5, 0.6) is 0 Å². The number of fused-ring (bicyclic) bond motifs is 1. The van der Waals surface area contributed by atoms with Crippen molar-refractivity contribution in [1.29, 1.82) is 5.26 Å². The smallest absolute Gasteiger partial charge is 0.146 e. The zero-order valence-corrected chi connectivity index (χ0v) is 12.5. The maximum Gasteiger partial charge on any atom is 0.146 e. The second-order valence-electron chi connectivity index (χ2n) is 6.88. The summed E-state index contributed by atoms with van der Waals surface area (Å²) in [5.41, 5.74) is 3.74. The Hall–Kier alpha value is -1.60. The average molecular weight is 282 g/mol. The van der Waals surface area contributed by atoms with Crippen molar-refractivity contribution >= 4 is 5.82 Å². The van der Waals surface area contributed by atoms with Crippen molar-refractivity contribution in [2.45, 2.75) is 38.5 Å². The lowest BCUT2D eigenvalue weighted by atomic mass is 9.86. The lowest BCUT2D eigenvalue weighted by Crippen LogP contribution is -2.30. The fraction of sp³-hybridized carbons (Fsp3) is 0.647. The first-order valence-electron chi connectivity index (χ1n) is 8.18. The molecule has 4 heteroatoms. The van der Waals surface area contributed by atoms with Crippen LogP contribution in [0.1, 0.15) is 42.5 Å². The predicted molar refractivity (Wildman–Crippen MR) is 82.3 cm³/mol. The second kappa shape index (κ2) is 4.99. The highest BCUT2D eigenvalue weighted by Gasteiger charge is 2.41. The zero-order valence-electron chi connectivity index (χ0n) is 12.5. The van der Waals surface area contributed by atoms with Crippen molar-refractivity contribution in [3.05, 3.63) is 22.9 Å². The number of pyridine rings is 1. The van der Waals surface area contributed by atoms with E-state index in [1.165, 1.54) is 36.9 Å². The van der Waals surface area contributed by atoms with Gasteiger partial charge in [-0.3, -0.25) is 0 Å². The summed E-state index contributed by atoms with van der Waals surface area (Å²) < 4.78 is 0. The molecule has 0 amide bonds. The SMILES string of the molecule is N#Cc1cc2c(nc1N1CCC3(CCNC3)C1)CCCC2. The largest absolute Gasteiger partial charge is 0.355 e. The molecule has 1 aromatic heterocycles. The summed E-state index contributed by atoms with van der Waals surface area (Å²) in [6.45, 7) is 4.36. The number of aromatic nitrogens is 1. The number of rotatable bonds is 1. The molecular formula is C17H22N4. The van der Waals surface area contributed by atoms with Crippen LogP contribution in [0.2, 0.25) is 0 Å². The van der Waals surface area contributed by atoms with Gasteiger partial charge in [-0.1, -0.05) is 0 Å². The second-order valence-corrected chi connectivity index (χ2v) is 6.88. The van der Waals surface area contributed by atoms with Crippen LogP contribution in [-0.2, 0) is 12.8 Å². The lowest BCUT2D eigenvalue weighted by Gasteiger charge is -2.25. The number of nitrogens with zero attached hydrogens (tertiary/aromatic N) is 3. The van der Waals surface area contributed by atoms with Crippen molar-refractivity contribution < 1.29 is 0 Å². The van der Waals surface area contributed by atoms with E-state index in [-0.39, 0.29) is 0 Å². The molecule has 3 aliphatic rings. The molecule has 110 valence electrons.